The zero-order valence-electron chi connectivity index (χ0n) is 10.8. The molecular formula is C13H9ClF3NO3S. The minimum Gasteiger partial charge on any atom is -0.433 e. The molecule has 0 aliphatic rings. The molecule has 2 aromatic rings. The number of alkyl halides is 2. The third-order valence-electron chi connectivity index (χ3n) is 2.55. The molecule has 0 amide bonds. The van der Waals surface area contributed by atoms with Crippen LogP contribution in [0.4, 0.5) is 18.9 Å². The second-order valence-electron chi connectivity index (χ2n) is 4.03. The number of halogens is 4. The number of hydrogen-bond acceptors (Lipinski definition) is 3. The molecule has 0 aliphatic carbocycles. The second-order valence-corrected chi connectivity index (χ2v) is 6.09. The Morgan fingerprint density at radius 1 is 1.09 bits per heavy atom. The van der Waals surface area contributed by atoms with Crippen LogP contribution >= 0.6 is 11.6 Å². The van der Waals surface area contributed by atoms with E-state index in [2.05, 4.69) is 4.74 Å². The maximum absolute atomic E-state index is 13.8. The molecule has 0 bridgehead atoms. The Bertz CT molecular complexity index is 784. The van der Waals surface area contributed by atoms with Crippen molar-refractivity contribution in [3.8, 4) is 5.75 Å². The number of hydrogen-bond donors (Lipinski definition) is 1. The van der Waals surface area contributed by atoms with Crippen LogP contribution in [0.5, 0.6) is 5.75 Å². The van der Waals surface area contributed by atoms with Crippen LogP contribution in [0, 0.1) is 5.82 Å². The number of anilines is 1. The van der Waals surface area contributed by atoms with E-state index < -0.39 is 27.3 Å². The normalized spacial score (nSPS) is 11.5. The molecule has 0 aliphatic heterocycles. The summed E-state index contributed by atoms with van der Waals surface area (Å²) in [7, 11) is -4.36. The van der Waals surface area contributed by atoms with Crippen molar-refractivity contribution in [1.29, 1.82) is 0 Å². The number of sulfonamides is 1. The minimum absolute atomic E-state index is 0.248. The van der Waals surface area contributed by atoms with Crippen molar-refractivity contribution in [2.24, 2.45) is 0 Å². The molecule has 0 saturated heterocycles. The Kier molecular flexibility index (Phi) is 4.82. The molecule has 0 spiro atoms. The molecule has 0 heterocycles. The Morgan fingerprint density at radius 3 is 2.45 bits per heavy atom. The van der Waals surface area contributed by atoms with E-state index in [9.17, 15) is 21.6 Å². The maximum Gasteiger partial charge on any atom is 0.387 e. The highest BCUT2D eigenvalue weighted by atomic mass is 35.5. The fourth-order valence-corrected chi connectivity index (χ4v) is 3.04. The maximum atomic E-state index is 13.8. The fourth-order valence-electron chi connectivity index (χ4n) is 1.64. The second kappa shape index (κ2) is 6.45. The number of rotatable bonds is 5. The van der Waals surface area contributed by atoms with Crippen LogP contribution in [0.3, 0.4) is 0 Å². The van der Waals surface area contributed by atoms with Crippen molar-refractivity contribution >= 4 is 27.3 Å². The number of nitrogens with one attached hydrogen (secondary N) is 1. The molecule has 0 aromatic heterocycles. The van der Waals surface area contributed by atoms with Gasteiger partial charge < -0.3 is 4.74 Å². The summed E-state index contributed by atoms with van der Waals surface area (Å²) in [5.74, 6) is -1.52. The van der Waals surface area contributed by atoms with Crippen LogP contribution in [0.15, 0.2) is 47.4 Å². The molecule has 0 unspecified atom stereocenters. The average Bonchev–Trinajstić information content (AvgIpc) is 2.43. The van der Waals surface area contributed by atoms with E-state index in [1.54, 1.807) is 0 Å². The van der Waals surface area contributed by atoms with E-state index in [-0.39, 0.29) is 16.5 Å². The SMILES string of the molecule is O=S(=O)(Nc1ccccc1OC(F)F)c1cccc(Cl)c1F. The van der Waals surface area contributed by atoms with Gasteiger partial charge in [-0.3, -0.25) is 4.72 Å². The lowest BCUT2D eigenvalue weighted by Gasteiger charge is -2.13. The lowest BCUT2D eigenvalue weighted by molar-refractivity contribution is -0.0493. The standard InChI is InChI=1S/C13H9ClF3NO3S/c14-8-4-3-7-11(12(8)15)22(19,20)18-9-5-1-2-6-10(9)21-13(16)17/h1-7,13,18H. The van der Waals surface area contributed by atoms with Gasteiger partial charge in [0.05, 0.1) is 10.7 Å². The van der Waals surface area contributed by atoms with Crippen molar-refractivity contribution in [2.75, 3.05) is 4.72 Å². The van der Waals surface area contributed by atoms with E-state index in [0.717, 1.165) is 12.1 Å². The first kappa shape index (κ1) is 16.4. The fraction of sp³-hybridized carbons (Fsp3) is 0.0769. The lowest BCUT2D eigenvalue weighted by atomic mass is 10.3. The van der Waals surface area contributed by atoms with E-state index >= 15 is 0 Å². The molecule has 118 valence electrons. The summed E-state index contributed by atoms with van der Waals surface area (Å²) in [6, 6.07) is 8.58. The molecular weight excluding hydrogens is 343 g/mol. The number of benzene rings is 2. The highest BCUT2D eigenvalue weighted by Crippen LogP contribution is 2.29. The van der Waals surface area contributed by atoms with E-state index in [1.807, 2.05) is 4.72 Å². The van der Waals surface area contributed by atoms with Crippen LogP contribution in [-0.2, 0) is 10.0 Å². The minimum atomic E-state index is -4.36. The molecule has 0 atom stereocenters. The van der Waals surface area contributed by atoms with Gasteiger partial charge in [0.1, 0.15) is 10.6 Å². The Labute approximate surface area is 129 Å². The quantitative estimate of drug-likeness (QED) is 0.889. The summed E-state index contributed by atoms with van der Waals surface area (Å²) in [6.07, 6.45) is 0. The third kappa shape index (κ3) is 3.63. The Morgan fingerprint density at radius 2 is 1.77 bits per heavy atom. The first-order valence-electron chi connectivity index (χ1n) is 5.82. The van der Waals surface area contributed by atoms with E-state index in [0.29, 0.717) is 0 Å². The van der Waals surface area contributed by atoms with Crippen molar-refractivity contribution < 1.29 is 26.3 Å². The summed E-state index contributed by atoms with van der Waals surface area (Å²) in [5, 5.41) is -0.375. The number of ether oxygens (including phenoxy) is 1. The Hall–Kier alpha value is -1.93. The molecule has 22 heavy (non-hydrogen) atoms. The molecule has 0 radical (unpaired) electrons. The molecule has 1 N–H and O–H groups in total. The van der Waals surface area contributed by atoms with Gasteiger partial charge in [-0.2, -0.15) is 8.78 Å². The van der Waals surface area contributed by atoms with Gasteiger partial charge >= 0.3 is 6.61 Å². The van der Waals surface area contributed by atoms with Crippen LogP contribution in [-0.4, -0.2) is 15.0 Å². The van der Waals surface area contributed by atoms with Gasteiger partial charge in [0, 0.05) is 0 Å². The molecule has 2 aromatic carbocycles. The van der Waals surface area contributed by atoms with Crippen molar-refractivity contribution in [3.63, 3.8) is 0 Å². The van der Waals surface area contributed by atoms with Crippen LogP contribution < -0.4 is 9.46 Å². The van der Waals surface area contributed by atoms with Crippen molar-refractivity contribution in [3.05, 3.63) is 53.3 Å². The summed E-state index contributed by atoms with van der Waals surface area (Å²) in [4.78, 5) is -0.702. The van der Waals surface area contributed by atoms with Crippen LogP contribution in [0.25, 0.3) is 0 Å². The van der Waals surface area contributed by atoms with E-state index in [1.165, 1.54) is 30.3 Å². The molecule has 4 nitrogen and oxygen atoms in total. The van der Waals surface area contributed by atoms with Crippen molar-refractivity contribution in [2.45, 2.75) is 11.5 Å². The molecule has 0 saturated carbocycles. The average molecular weight is 352 g/mol. The van der Waals surface area contributed by atoms with Gasteiger partial charge in [0.15, 0.2) is 5.82 Å². The molecule has 0 fully saturated rings. The van der Waals surface area contributed by atoms with Gasteiger partial charge in [-0.05, 0) is 24.3 Å². The molecule has 9 heteroatoms. The van der Waals surface area contributed by atoms with Gasteiger partial charge in [-0.15, -0.1) is 0 Å². The van der Waals surface area contributed by atoms with Gasteiger partial charge in [0.2, 0.25) is 0 Å². The van der Waals surface area contributed by atoms with Gasteiger partial charge in [-0.25, -0.2) is 12.8 Å². The molecule has 2 rings (SSSR count). The van der Waals surface area contributed by atoms with Gasteiger partial charge in [-0.1, -0.05) is 29.8 Å². The largest absolute Gasteiger partial charge is 0.433 e. The summed E-state index contributed by atoms with van der Waals surface area (Å²) in [6.45, 7) is -3.13. The first-order chi connectivity index (χ1) is 10.3. The number of para-hydroxylation sites is 2. The lowest BCUT2D eigenvalue weighted by Crippen LogP contribution is -2.16. The Balaban J connectivity index is 2.40. The highest BCUT2D eigenvalue weighted by molar-refractivity contribution is 7.92. The van der Waals surface area contributed by atoms with Crippen LogP contribution in [0.1, 0.15) is 0 Å². The zero-order valence-corrected chi connectivity index (χ0v) is 12.3. The first-order valence-corrected chi connectivity index (χ1v) is 7.68. The van der Waals surface area contributed by atoms with Gasteiger partial charge in [0.25, 0.3) is 10.0 Å². The zero-order chi connectivity index (χ0) is 16.3. The monoisotopic (exact) mass is 351 g/mol. The topological polar surface area (TPSA) is 55.4 Å². The highest BCUT2D eigenvalue weighted by Gasteiger charge is 2.22. The van der Waals surface area contributed by atoms with Crippen molar-refractivity contribution in [1.82, 2.24) is 0 Å². The van der Waals surface area contributed by atoms with Crippen LogP contribution in [0.2, 0.25) is 5.02 Å². The predicted molar refractivity (Wildman–Crippen MR) is 75.3 cm³/mol. The predicted octanol–water partition coefficient (Wildman–Crippen LogP) is 3.88. The summed E-state index contributed by atoms with van der Waals surface area (Å²) < 4.78 is 68.9. The third-order valence-corrected chi connectivity index (χ3v) is 4.23. The van der Waals surface area contributed by atoms with E-state index in [4.69, 9.17) is 11.6 Å². The smallest absolute Gasteiger partial charge is 0.387 e. The summed E-state index contributed by atoms with van der Waals surface area (Å²) >= 11 is 5.53. The summed E-state index contributed by atoms with van der Waals surface area (Å²) in [5.41, 5.74) is -0.248.